The van der Waals surface area contributed by atoms with E-state index in [1.54, 1.807) is 29.6 Å². The number of rotatable bonds is 5. The van der Waals surface area contributed by atoms with E-state index in [0.717, 1.165) is 0 Å². The first kappa shape index (κ1) is 13.9. The summed E-state index contributed by atoms with van der Waals surface area (Å²) in [6.07, 6.45) is 0. The van der Waals surface area contributed by atoms with Crippen LogP contribution in [0, 0.1) is 0 Å². The van der Waals surface area contributed by atoms with Gasteiger partial charge in [0.2, 0.25) is 0 Å². The Hall–Kier alpha value is -1.57. The van der Waals surface area contributed by atoms with Crippen molar-refractivity contribution in [1.29, 1.82) is 0 Å². The summed E-state index contributed by atoms with van der Waals surface area (Å²) in [5, 5.41) is 10.7. The first-order chi connectivity index (χ1) is 9.06. The number of anilines is 1. The van der Waals surface area contributed by atoms with Gasteiger partial charge in [-0.1, -0.05) is 6.07 Å². The van der Waals surface area contributed by atoms with E-state index in [0.29, 0.717) is 16.3 Å². The topological polar surface area (TPSA) is 75.6 Å². The van der Waals surface area contributed by atoms with E-state index in [2.05, 4.69) is 4.72 Å². The van der Waals surface area contributed by atoms with Crippen molar-refractivity contribution in [1.82, 2.24) is 0 Å². The van der Waals surface area contributed by atoms with Crippen LogP contribution in [0.3, 0.4) is 0 Å². The maximum absolute atomic E-state index is 12.2. The summed E-state index contributed by atoms with van der Waals surface area (Å²) in [6, 6.07) is 8.10. The van der Waals surface area contributed by atoms with Crippen molar-refractivity contribution < 1.29 is 18.3 Å². The van der Waals surface area contributed by atoms with Crippen LogP contribution in [-0.4, -0.2) is 20.6 Å². The van der Waals surface area contributed by atoms with Gasteiger partial charge in [-0.05, 0) is 23.6 Å². The Labute approximate surface area is 115 Å². The van der Waals surface area contributed by atoms with Crippen LogP contribution in [0.4, 0.5) is 5.69 Å². The highest BCUT2D eigenvalue weighted by molar-refractivity contribution is 7.93. The molecule has 1 heterocycles. The third kappa shape index (κ3) is 3.06. The van der Waals surface area contributed by atoms with Gasteiger partial charge < -0.3 is 9.84 Å². The van der Waals surface area contributed by atoms with Crippen LogP contribution >= 0.6 is 11.3 Å². The minimum absolute atomic E-state index is 0.0998. The van der Waals surface area contributed by atoms with Gasteiger partial charge in [0, 0.05) is 6.07 Å². The average Bonchev–Trinajstić information content (AvgIpc) is 2.87. The molecule has 0 saturated heterocycles. The Balaban J connectivity index is 2.31. The number of hydrogen-bond donors (Lipinski definition) is 2. The number of ether oxygens (including phenoxy) is 1. The molecule has 0 spiro atoms. The van der Waals surface area contributed by atoms with Crippen LogP contribution < -0.4 is 9.46 Å². The van der Waals surface area contributed by atoms with Crippen molar-refractivity contribution >= 4 is 27.0 Å². The summed E-state index contributed by atoms with van der Waals surface area (Å²) in [7, 11) is -2.18. The molecule has 0 fully saturated rings. The monoisotopic (exact) mass is 299 g/mol. The van der Waals surface area contributed by atoms with Gasteiger partial charge in [0.25, 0.3) is 10.0 Å². The fraction of sp³-hybridized carbons (Fsp3) is 0.167. The molecule has 0 aliphatic heterocycles. The van der Waals surface area contributed by atoms with Crippen molar-refractivity contribution in [3.63, 3.8) is 0 Å². The van der Waals surface area contributed by atoms with Gasteiger partial charge in [-0.2, -0.15) is 0 Å². The highest BCUT2D eigenvalue weighted by Gasteiger charge is 2.19. The Kier molecular flexibility index (Phi) is 4.08. The summed E-state index contributed by atoms with van der Waals surface area (Å²) < 4.78 is 31.9. The molecule has 2 N–H and O–H groups in total. The lowest BCUT2D eigenvalue weighted by molar-refractivity contribution is 0.282. The molecule has 0 unspecified atom stereocenters. The Morgan fingerprint density at radius 2 is 2.16 bits per heavy atom. The van der Waals surface area contributed by atoms with Crippen molar-refractivity contribution in [2.24, 2.45) is 0 Å². The number of nitrogens with one attached hydrogen (secondary N) is 1. The maximum Gasteiger partial charge on any atom is 0.263 e. The molecule has 0 amide bonds. The first-order valence-electron chi connectivity index (χ1n) is 5.41. The van der Waals surface area contributed by atoms with Crippen molar-refractivity contribution in [2.45, 2.75) is 11.5 Å². The number of hydrogen-bond acceptors (Lipinski definition) is 5. The Morgan fingerprint density at radius 1 is 1.37 bits per heavy atom. The fourth-order valence-electron chi connectivity index (χ4n) is 1.58. The molecule has 0 atom stereocenters. The van der Waals surface area contributed by atoms with Gasteiger partial charge >= 0.3 is 0 Å². The number of benzene rings is 1. The predicted molar refractivity (Wildman–Crippen MR) is 74.0 cm³/mol. The molecule has 0 aliphatic carbocycles. The van der Waals surface area contributed by atoms with Gasteiger partial charge in [0.15, 0.2) is 0 Å². The molecule has 0 aliphatic rings. The van der Waals surface area contributed by atoms with E-state index in [1.165, 1.54) is 24.5 Å². The zero-order chi connectivity index (χ0) is 13.9. The highest BCUT2D eigenvalue weighted by Crippen LogP contribution is 2.25. The van der Waals surface area contributed by atoms with Gasteiger partial charge in [-0.15, -0.1) is 11.3 Å². The first-order valence-corrected chi connectivity index (χ1v) is 7.77. The highest BCUT2D eigenvalue weighted by atomic mass is 32.2. The molecule has 1 aromatic carbocycles. The normalized spacial score (nSPS) is 11.3. The number of aliphatic hydroxyl groups is 1. The molecule has 102 valence electrons. The van der Waals surface area contributed by atoms with Crippen LogP contribution in [0.15, 0.2) is 40.6 Å². The minimum Gasteiger partial charge on any atom is -0.497 e. The van der Waals surface area contributed by atoms with Gasteiger partial charge in [-0.3, -0.25) is 4.72 Å². The summed E-state index contributed by atoms with van der Waals surface area (Å²) in [6.45, 7) is -0.300. The number of methoxy groups -OCH3 is 1. The zero-order valence-electron chi connectivity index (χ0n) is 10.2. The zero-order valence-corrected chi connectivity index (χ0v) is 11.8. The molecule has 0 radical (unpaired) electrons. The van der Waals surface area contributed by atoms with Crippen LogP contribution in [0.1, 0.15) is 4.88 Å². The van der Waals surface area contributed by atoms with E-state index in [-0.39, 0.29) is 11.5 Å². The average molecular weight is 299 g/mol. The molecule has 0 saturated carbocycles. The molecule has 5 nitrogen and oxygen atoms in total. The van der Waals surface area contributed by atoms with E-state index in [4.69, 9.17) is 9.84 Å². The lowest BCUT2D eigenvalue weighted by atomic mass is 10.3. The summed E-state index contributed by atoms with van der Waals surface area (Å²) in [5.74, 6) is 0.563. The van der Waals surface area contributed by atoms with Gasteiger partial charge in [-0.25, -0.2) is 8.42 Å². The largest absolute Gasteiger partial charge is 0.497 e. The van der Waals surface area contributed by atoms with Crippen molar-refractivity contribution in [3.8, 4) is 5.75 Å². The summed E-state index contributed by atoms with van der Waals surface area (Å²) in [5.41, 5.74) is 0.412. The molecule has 2 rings (SSSR count). The second-order valence-corrected chi connectivity index (χ2v) is 6.36. The number of sulfonamides is 1. The smallest absolute Gasteiger partial charge is 0.263 e. The SMILES string of the molecule is COc1cccc(NS(=O)(=O)c2ccsc2CO)c1. The number of aliphatic hydroxyl groups excluding tert-OH is 1. The van der Waals surface area contributed by atoms with E-state index in [1.807, 2.05) is 0 Å². The van der Waals surface area contributed by atoms with Gasteiger partial charge in [0.05, 0.1) is 24.3 Å². The Bertz CT molecular complexity index is 664. The molecule has 0 bridgehead atoms. The quantitative estimate of drug-likeness (QED) is 0.886. The molecule has 7 heteroatoms. The standard InChI is InChI=1S/C12H13NO4S2/c1-17-10-4-2-3-9(7-10)13-19(15,16)12-5-6-18-11(12)8-14/h2-7,13-14H,8H2,1H3. The maximum atomic E-state index is 12.2. The Morgan fingerprint density at radius 3 is 2.84 bits per heavy atom. The van der Waals surface area contributed by atoms with Crippen molar-refractivity contribution in [2.75, 3.05) is 11.8 Å². The third-order valence-corrected chi connectivity index (χ3v) is 4.96. The second kappa shape index (κ2) is 5.60. The van der Waals surface area contributed by atoms with Crippen LogP contribution in [0.5, 0.6) is 5.75 Å². The third-order valence-electron chi connectivity index (χ3n) is 2.46. The number of thiophene rings is 1. The van der Waals surface area contributed by atoms with E-state index >= 15 is 0 Å². The predicted octanol–water partition coefficient (Wildman–Crippen LogP) is 2.05. The van der Waals surface area contributed by atoms with E-state index in [9.17, 15) is 8.42 Å². The summed E-state index contributed by atoms with van der Waals surface area (Å²) in [4.78, 5) is 0.512. The minimum atomic E-state index is -3.69. The van der Waals surface area contributed by atoms with Crippen molar-refractivity contribution in [3.05, 3.63) is 40.6 Å². The molecule has 1 aromatic heterocycles. The molecular weight excluding hydrogens is 286 g/mol. The van der Waals surface area contributed by atoms with E-state index < -0.39 is 10.0 Å². The molecular formula is C12H13NO4S2. The van der Waals surface area contributed by atoms with Crippen LogP contribution in [0.25, 0.3) is 0 Å². The summed E-state index contributed by atoms with van der Waals surface area (Å²) >= 11 is 1.20. The fourth-order valence-corrected chi connectivity index (χ4v) is 3.93. The van der Waals surface area contributed by atoms with Crippen LogP contribution in [0.2, 0.25) is 0 Å². The second-order valence-electron chi connectivity index (χ2n) is 3.70. The van der Waals surface area contributed by atoms with Crippen LogP contribution in [-0.2, 0) is 16.6 Å². The van der Waals surface area contributed by atoms with Gasteiger partial charge in [0.1, 0.15) is 10.6 Å². The lowest BCUT2D eigenvalue weighted by Gasteiger charge is -2.09. The lowest BCUT2D eigenvalue weighted by Crippen LogP contribution is -2.13. The molecule has 2 aromatic rings. The molecule has 19 heavy (non-hydrogen) atoms.